The second-order valence-corrected chi connectivity index (χ2v) is 11.1. The minimum absolute atomic E-state index is 0. The summed E-state index contributed by atoms with van der Waals surface area (Å²) in [6, 6.07) is 13.0. The normalized spacial score (nSPS) is 11.3. The first-order valence-electron chi connectivity index (χ1n) is 12.2. The van der Waals surface area contributed by atoms with E-state index in [2.05, 4.69) is 13.8 Å². The molecule has 2 aromatic rings. The Labute approximate surface area is 225 Å². The van der Waals surface area contributed by atoms with Crippen LogP contribution in [0.1, 0.15) is 89.2 Å². The fourth-order valence-electron chi connectivity index (χ4n) is 3.75. The van der Waals surface area contributed by atoms with E-state index in [0.717, 1.165) is 25.7 Å². The molecule has 0 heterocycles. The molecule has 2 rings (SSSR count). The molecule has 0 saturated carbocycles. The van der Waals surface area contributed by atoms with Crippen LogP contribution in [0.5, 0.6) is 0 Å². The van der Waals surface area contributed by atoms with Crippen molar-refractivity contribution in [3.8, 4) is 0 Å². The molecule has 9 heteroatoms. The SMILES string of the molecule is CCCCCCCc1ccccc1S(=O)(=O)[O-].CCCCCCCc1ccccc1S(=O)(=O)[O-].[Zn+2]. The fraction of sp³-hybridized carbons (Fsp3) is 0.538. The summed E-state index contributed by atoms with van der Waals surface area (Å²) in [5.74, 6) is 0. The molecule has 0 aliphatic rings. The van der Waals surface area contributed by atoms with Crippen molar-refractivity contribution >= 4 is 20.2 Å². The Balaban J connectivity index is 0.000000642. The molecule has 0 fully saturated rings. The van der Waals surface area contributed by atoms with Crippen LogP contribution in [0.15, 0.2) is 58.3 Å². The van der Waals surface area contributed by atoms with E-state index in [-0.39, 0.29) is 29.3 Å². The van der Waals surface area contributed by atoms with Crippen molar-refractivity contribution < 1.29 is 45.4 Å². The average molecular weight is 576 g/mol. The molecule has 0 amide bonds. The molecule has 0 unspecified atom stereocenters. The van der Waals surface area contributed by atoms with E-state index >= 15 is 0 Å². The van der Waals surface area contributed by atoms with Crippen LogP contribution in [-0.4, -0.2) is 25.9 Å². The van der Waals surface area contributed by atoms with Crippen molar-refractivity contribution in [2.75, 3.05) is 0 Å². The van der Waals surface area contributed by atoms with Crippen LogP contribution in [0, 0.1) is 0 Å². The van der Waals surface area contributed by atoms with Gasteiger partial charge in [-0.05, 0) is 48.9 Å². The fourth-order valence-corrected chi connectivity index (χ4v) is 5.22. The Bertz CT molecular complexity index is 968. The topological polar surface area (TPSA) is 114 Å². The van der Waals surface area contributed by atoms with E-state index in [4.69, 9.17) is 0 Å². The number of rotatable bonds is 14. The Morgan fingerprint density at radius 2 is 0.857 bits per heavy atom. The second kappa shape index (κ2) is 18.2. The van der Waals surface area contributed by atoms with Crippen molar-refractivity contribution in [3.05, 3.63) is 59.7 Å². The maximum Gasteiger partial charge on any atom is 2.00 e. The Morgan fingerprint density at radius 1 is 0.543 bits per heavy atom. The van der Waals surface area contributed by atoms with Gasteiger partial charge in [-0.3, -0.25) is 0 Å². The molecular formula is C26H38O6S2Zn. The quantitative estimate of drug-likeness (QED) is 0.150. The molecule has 0 aliphatic heterocycles. The maximum absolute atomic E-state index is 11.0. The van der Waals surface area contributed by atoms with E-state index in [9.17, 15) is 25.9 Å². The molecule has 0 saturated heterocycles. The van der Waals surface area contributed by atoms with Gasteiger partial charge in [0.2, 0.25) is 0 Å². The standard InChI is InChI=1S/2C13H20O3S.Zn/c2*1-2-3-4-5-6-9-12-10-7-8-11-13(12)17(14,15)16;/h2*7-8,10-11H,2-6,9H2,1H3,(H,14,15,16);/q;;+2/p-2. The van der Waals surface area contributed by atoms with E-state index in [1.54, 1.807) is 36.4 Å². The zero-order valence-electron chi connectivity index (χ0n) is 21.1. The second-order valence-electron chi connectivity index (χ2n) is 8.45. The van der Waals surface area contributed by atoms with Crippen molar-refractivity contribution in [1.82, 2.24) is 0 Å². The summed E-state index contributed by atoms with van der Waals surface area (Å²) in [5, 5.41) is 0. The molecule has 2 aromatic carbocycles. The average Bonchev–Trinajstić information content (AvgIpc) is 2.78. The van der Waals surface area contributed by atoms with Gasteiger partial charge in [0.25, 0.3) is 0 Å². The Kier molecular flexibility index (Phi) is 17.6. The molecule has 0 spiro atoms. The predicted octanol–water partition coefficient (Wildman–Crippen LogP) is 6.20. The number of aryl methyl sites for hydroxylation is 2. The summed E-state index contributed by atoms with van der Waals surface area (Å²) in [7, 11) is -8.66. The maximum atomic E-state index is 11.0. The Hall–Kier alpha value is -1.12. The smallest absolute Gasteiger partial charge is 0.744 e. The Morgan fingerprint density at radius 3 is 1.17 bits per heavy atom. The van der Waals surface area contributed by atoms with Crippen molar-refractivity contribution in [2.45, 2.75) is 101 Å². The van der Waals surface area contributed by atoms with E-state index in [1.807, 2.05) is 0 Å². The van der Waals surface area contributed by atoms with Gasteiger partial charge in [0.1, 0.15) is 20.2 Å². The van der Waals surface area contributed by atoms with Gasteiger partial charge in [-0.1, -0.05) is 102 Å². The molecule has 192 valence electrons. The van der Waals surface area contributed by atoms with Crippen LogP contribution in [0.25, 0.3) is 0 Å². The van der Waals surface area contributed by atoms with E-state index in [0.29, 0.717) is 24.0 Å². The summed E-state index contributed by atoms with van der Waals surface area (Å²) in [4.78, 5) is -0.119. The van der Waals surface area contributed by atoms with Gasteiger partial charge in [0.15, 0.2) is 0 Å². The van der Waals surface area contributed by atoms with E-state index < -0.39 is 20.2 Å². The number of unbranched alkanes of at least 4 members (excludes halogenated alkanes) is 8. The minimum Gasteiger partial charge on any atom is -0.744 e. The third-order valence-corrected chi connectivity index (χ3v) is 7.46. The molecule has 0 bridgehead atoms. The summed E-state index contributed by atoms with van der Waals surface area (Å²) < 4.78 is 66.2. The molecule has 0 atom stereocenters. The minimum atomic E-state index is -4.33. The van der Waals surface area contributed by atoms with Gasteiger partial charge < -0.3 is 9.11 Å². The molecule has 0 aromatic heterocycles. The number of benzene rings is 2. The summed E-state index contributed by atoms with van der Waals surface area (Å²) in [6.45, 7) is 4.30. The first-order valence-corrected chi connectivity index (χ1v) is 15.0. The van der Waals surface area contributed by atoms with Gasteiger partial charge in [0.05, 0.1) is 9.79 Å². The molecule has 35 heavy (non-hydrogen) atoms. The van der Waals surface area contributed by atoms with Crippen LogP contribution in [-0.2, 0) is 52.6 Å². The third-order valence-electron chi connectivity index (χ3n) is 5.58. The summed E-state index contributed by atoms with van der Waals surface area (Å²) in [5.41, 5.74) is 1.30. The molecule has 0 N–H and O–H groups in total. The summed E-state index contributed by atoms with van der Waals surface area (Å²) >= 11 is 0. The van der Waals surface area contributed by atoms with E-state index in [1.165, 1.54) is 50.7 Å². The van der Waals surface area contributed by atoms with Crippen LogP contribution < -0.4 is 0 Å². The van der Waals surface area contributed by atoms with Crippen molar-refractivity contribution in [3.63, 3.8) is 0 Å². The zero-order chi connectivity index (χ0) is 25.5. The largest absolute Gasteiger partial charge is 2.00 e. The van der Waals surface area contributed by atoms with Crippen molar-refractivity contribution in [2.24, 2.45) is 0 Å². The van der Waals surface area contributed by atoms with Gasteiger partial charge in [0, 0.05) is 0 Å². The first-order chi connectivity index (χ1) is 16.1. The first kappa shape index (κ1) is 33.9. The van der Waals surface area contributed by atoms with Crippen LogP contribution in [0.3, 0.4) is 0 Å². The molecule has 6 nitrogen and oxygen atoms in total. The predicted molar refractivity (Wildman–Crippen MR) is 134 cm³/mol. The number of hydrogen-bond donors (Lipinski definition) is 0. The van der Waals surface area contributed by atoms with Gasteiger partial charge in [-0.2, -0.15) is 0 Å². The monoisotopic (exact) mass is 574 g/mol. The van der Waals surface area contributed by atoms with Gasteiger partial charge >= 0.3 is 19.5 Å². The van der Waals surface area contributed by atoms with Crippen LogP contribution >= 0.6 is 0 Å². The summed E-state index contributed by atoms with van der Waals surface area (Å²) in [6.07, 6.45) is 12.5. The van der Waals surface area contributed by atoms with Crippen LogP contribution in [0.2, 0.25) is 0 Å². The zero-order valence-corrected chi connectivity index (χ0v) is 25.7. The van der Waals surface area contributed by atoms with Gasteiger partial charge in [-0.25, -0.2) is 16.8 Å². The van der Waals surface area contributed by atoms with Crippen molar-refractivity contribution in [1.29, 1.82) is 0 Å². The number of hydrogen-bond acceptors (Lipinski definition) is 6. The molecular weight excluding hydrogens is 538 g/mol. The van der Waals surface area contributed by atoms with Gasteiger partial charge in [-0.15, -0.1) is 0 Å². The molecule has 0 aliphatic carbocycles. The van der Waals surface area contributed by atoms with Crippen LogP contribution in [0.4, 0.5) is 0 Å². The molecule has 0 radical (unpaired) electrons. The third kappa shape index (κ3) is 14.3.